The lowest BCUT2D eigenvalue weighted by Gasteiger charge is -2.11. The minimum Gasteiger partial charge on any atom is -0.378 e. The van der Waals surface area contributed by atoms with Gasteiger partial charge in [-0.05, 0) is 45.0 Å². The van der Waals surface area contributed by atoms with Gasteiger partial charge in [-0.15, -0.1) is 0 Å². The van der Waals surface area contributed by atoms with E-state index in [1.807, 2.05) is 0 Å². The van der Waals surface area contributed by atoms with Crippen molar-refractivity contribution in [2.45, 2.75) is 19.3 Å². The van der Waals surface area contributed by atoms with Gasteiger partial charge < -0.3 is 15.0 Å². The minimum atomic E-state index is 0.729. The summed E-state index contributed by atoms with van der Waals surface area (Å²) in [5, 5.41) is 3.31. The van der Waals surface area contributed by atoms with Gasteiger partial charge in [0, 0.05) is 18.8 Å². The maximum atomic E-state index is 5.53. The SMILES string of the molecule is CN(C)CCOCCNc1ccc2c(n1)CCC2. The molecule has 0 aromatic carbocycles. The van der Waals surface area contributed by atoms with E-state index < -0.39 is 0 Å². The molecule has 1 N–H and O–H groups in total. The zero-order valence-corrected chi connectivity index (χ0v) is 11.4. The van der Waals surface area contributed by atoms with Crippen LogP contribution in [0.2, 0.25) is 0 Å². The standard InChI is InChI=1S/C14H23N3O/c1-17(2)9-11-18-10-8-15-14-7-6-12-4-3-5-13(12)16-14/h6-7H,3-5,8-11H2,1-2H3,(H,15,16). The Hall–Kier alpha value is -1.13. The molecule has 1 heterocycles. The molecule has 1 aliphatic rings. The number of likely N-dealkylation sites (N-methyl/N-ethyl adjacent to an activating group) is 1. The maximum absolute atomic E-state index is 5.53. The van der Waals surface area contributed by atoms with Crippen molar-refractivity contribution < 1.29 is 4.74 Å². The van der Waals surface area contributed by atoms with Crippen LogP contribution in [0.1, 0.15) is 17.7 Å². The smallest absolute Gasteiger partial charge is 0.126 e. The molecule has 1 aromatic heterocycles. The number of aryl methyl sites for hydroxylation is 2. The van der Waals surface area contributed by atoms with Gasteiger partial charge in [0.25, 0.3) is 0 Å². The second-order valence-electron chi connectivity index (χ2n) is 5.00. The van der Waals surface area contributed by atoms with E-state index in [-0.39, 0.29) is 0 Å². The lowest BCUT2D eigenvalue weighted by atomic mass is 10.2. The number of rotatable bonds is 7. The molecule has 4 nitrogen and oxygen atoms in total. The molecule has 0 spiro atoms. The van der Waals surface area contributed by atoms with Crippen molar-refractivity contribution in [1.82, 2.24) is 9.88 Å². The number of anilines is 1. The van der Waals surface area contributed by atoms with E-state index in [0.29, 0.717) is 0 Å². The average Bonchev–Trinajstić information content (AvgIpc) is 2.80. The van der Waals surface area contributed by atoms with Crippen molar-refractivity contribution >= 4 is 5.82 Å². The summed E-state index contributed by atoms with van der Waals surface area (Å²) in [6, 6.07) is 4.27. The summed E-state index contributed by atoms with van der Waals surface area (Å²) < 4.78 is 5.53. The molecule has 100 valence electrons. The normalized spacial score (nSPS) is 13.9. The first-order valence-corrected chi connectivity index (χ1v) is 6.71. The van der Waals surface area contributed by atoms with Crippen LogP contribution >= 0.6 is 0 Å². The van der Waals surface area contributed by atoms with Crippen molar-refractivity contribution in [3.63, 3.8) is 0 Å². The van der Waals surface area contributed by atoms with Gasteiger partial charge in [-0.25, -0.2) is 4.98 Å². The Morgan fingerprint density at radius 3 is 3.00 bits per heavy atom. The molecule has 2 rings (SSSR count). The van der Waals surface area contributed by atoms with Gasteiger partial charge >= 0.3 is 0 Å². The van der Waals surface area contributed by atoms with Crippen molar-refractivity contribution in [3.8, 4) is 0 Å². The largest absolute Gasteiger partial charge is 0.378 e. The number of nitrogens with zero attached hydrogens (tertiary/aromatic N) is 2. The average molecular weight is 249 g/mol. The Balaban J connectivity index is 1.65. The Morgan fingerprint density at radius 2 is 2.17 bits per heavy atom. The van der Waals surface area contributed by atoms with Gasteiger partial charge in [0.05, 0.1) is 13.2 Å². The van der Waals surface area contributed by atoms with E-state index in [0.717, 1.165) is 38.5 Å². The quantitative estimate of drug-likeness (QED) is 0.744. The van der Waals surface area contributed by atoms with Crippen LogP contribution in [0, 0.1) is 0 Å². The van der Waals surface area contributed by atoms with Crippen LogP contribution in [-0.4, -0.2) is 50.3 Å². The molecule has 0 saturated heterocycles. The summed E-state index contributed by atoms with van der Waals surface area (Å²) >= 11 is 0. The topological polar surface area (TPSA) is 37.4 Å². The molecule has 18 heavy (non-hydrogen) atoms. The highest BCUT2D eigenvalue weighted by Crippen LogP contribution is 2.21. The second kappa shape index (κ2) is 6.71. The zero-order valence-electron chi connectivity index (χ0n) is 11.4. The molecule has 1 aliphatic carbocycles. The number of hydrogen-bond donors (Lipinski definition) is 1. The number of hydrogen-bond acceptors (Lipinski definition) is 4. The summed E-state index contributed by atoms with van der Waals surface area (Å²) in [5.41, 5.74) is 2.69. The molecule has 0 unspecified atom stereocenters. The predicted octanol–water partition coefficient (Wildman–Crippen LogP) is 1.56. The summed E-state index contributed by atoms with van der Waals surface area (Å²) in [7, 11) is 4.10. The summed E-state index contributed by atoms with van der Waals surface area (Å²) in [6.45, 7) is 3.30. The zero-order chi connectivity index (χ0) is 12.8. The van der Waals surface area contributed by atoms with Crippen LogP contribution in [-0.2, 0) is 17.6 Å². The van der Waals surface area contributed by atoms with Crippen molar-refractivity contribution in [1.29, 1.82) is 0 Å². The van der Waals surface area contributed by atoms with Crippen molar-refractivity contribution in [2.75, 3.05) is 45.7 Å². The molecule has 1 aromatic rings. The lowest BCUT2D eigenvalue weighted by Crippen LogP contribution is -2.20. The van der Waals surface area contributed by atoms with Gasteiger partial charge in [-0.3, -0.25) is 0 Å². The van der Waals surface area contributed by atoms with Crippen LogP contribution in [0.4, 0.5) is 5.82 Å². The summed E-state index contributed by atoms with van der Waals surface area (Å²) in [4.78, 5) is 6.74. The number of pyridine rings is 1. The fourth-order valence-electron chi connectivity index (χ4n) is 2.12. The first kappa shape index (κ1) is 13.3. The van der Waals surface area contributed by atoms with E-state index in [2.05, 4.69) is 41.4 Å². The van der Waals surface area contributed by atoms with Crippen molar-refractivity contribution in [2.24, 2.45) is 0 Å². The molecule has 0 bridgehead atoms. The molecule has 0 amide bonds. The third-order valence-corrected chi connectivity index (χ3v) is 3.16. The molecule has 0 radical (unpaired) electrons. The van der Waals surface area contributed by atoms with Gasteiger partial charge in [0.2, 0.25) is 0 Å². The van der Waals surface area contributed by atoms with E-state index in [1.54, 1.807) is 0 Å². The van der Waals surface area contributed by atoms with Gasteiger partial charge in [-0.2, -0.15) is 0 Å². The van der Waals surface area contributed by atoms with Crippen LogP contribution in [0.15, 0.2) is 12.1 Å². The molecule has 0 aliphatic heterocycles. The van der Waals surface area contributed by atoms with Gasteiger partial charge in [0.15, 0.2) is 0 Å². The molecular weight excluding hydrogens is 226 g/mol. The molecule has 4 heteroatoms. The van der Waals surface area contributed by atoms with E-state index >= 15 is 0 Å². The highest BCUT2D eigenvalue weighted by molar-refractivity contribution is 5.40. The summed E-state index contributed by atoms with van der Waals surface area (Å²) in [6.07, 6.45) is 3.57. The van der Waals surface area contributed by atoms with Crippen LogP contribution in [0.5, 0.6) is 0 Å². The Bertz CT molecular complexity index is 379. The van der Waals surface area contributed by atoms with E-state index in [9.17, 15) is 0 Å². The van der Waals surface area contributed by atoms with Gasteiger partial charge in [0.1, 0.15) is 5.82 Å². The molecule has 0 saturated carbocycles. The van der Waals surface area contributed by atoms with E-state index in [4.69, 9.17) is 4.74 Å². The van der Waals surface area contributed by atoms with Crippen molar-refractivity contribution in [3.05, 3.63) is 23.4 Å². The Labute approximate surface area is 109 Å². The highest BCUT2D eigenvalue weighted by Gasteiger charge is 2.11. The molecule has 0 atom stereocenters. The highest BCUT2D eigenvalue weighted by atomic mass is 16.5. The number of aromatic nitrogens is 1. The second-order valence-corrected chi connectivity index (χ2v) is 5.00. The Kier molecular flexibility index (Phi) is 4.96. The number of nitrogens with one attached hydrogen (secondary N) is 1. The monoisotopic (exact) mass is 249 g/mol. The number of fused-ring (bicyclic) bond motifs is 1. The minimum absolute atomic E-state index is 0.729. The van der Waals surface area contributed by atoms with Crippen LogP contribution in [0.25, 0.3) is 0 Å². The van der Waals surface area contributed by atoms with E-state index in [1.165, 1.54) is 24.1 Å². The maximum Gasteiger partial charge on any atom is 0.126 e. The third kappa shape index (κ3) is 3.96. The van der Waals surface area contributed by atoms with Gasteiger partial charge in [-0.1, -0.05) is 6.07 Å². The number of ether oxygens (including phenoxy) is 1. The predicted molar refractivity (Wildman–Crippen MR) is 74.1 cm³/mol. The Morgan fingerprint density at radius 1 is 1.28 bits per heavy atom. The van der Waals surface area contributed by atoms with Crippen LogP contribution < -0.4 is 5.32 Å². The molecular formula is C14H23N3O. The lowest BCUT2D eigenvalue weighted by molar-refractivity contribution is 0.126. The first-order chi connectivity index (χ1) is 8.75. The van der Waals surface area contributed by atoms with Crippen LogP contribution in [0.3, 0.4) is 0 Å². The molecule has 0 fully saturated rings. The first-order valence-electron chi connectivity index (χ1n) is 6.71. The summed E-state index contributed by atoms with van der Waals surface area (Å²) in [5.74, 6) is 0.979. The third-order valence-electron chi connectivity index (χ3n) is 3.16. The fourth-order valence-corrected chi connectivity index (χ4v) is 2.12. The fraction of sp³-hybridized carbons (Fsp3) is 0.643.